The smallest absolute Gasteiger partial charge is 0.418 e. The summed E-state index contributed by atoms with van der Waals surface area (Å²) in [6, 6.07) is 5.20. The molecular formula is C14H17NO3. The van der Waals surface area contributed by atoms with Crippen LogP contribution in [0, 0.1) is 13.8 Å². The minimum absolute atomic E-state index is 0.160. The third-order valence-corrected chi connectivity index (χ3v) is 2.93. The molecule has 1 aromatic carbocycles. The first-order valence-electron chi connectivity index (χ1n) is 5.93. The highest BCUT2D eigenvalue weighted by atomic mass is 16.6. The van der Waals surface area contributed by atoms with Gasteiger partial charge >= 0.3 is 6.09 Å². The van der Waals surface area contributed by atoms with Crippen molar-refractivity contribution in [2.45, 2.75) is 33.8 Å². The van der Waals surface area contributed by atoms with Gasteiger partial charge in [0.1, 0.15) is 5.75 Å². The monoisotopic (exact) mass is 247 g/mol. The second-order valence-corrected chi connectivity index (χ2v) is 4.70. The minimum atomic E-state index is -0.386. The van der Waals surface area contributed by atoms with Crippen LogP contribution in [0.15, 0.2) is 18.2 Å². The average Bonchev–Trinajstić information content (AvgIpc) is 2.60. The summed E-state index contributed by atoms with van der Waals surface area (Å²) in [7, 11) is 0. The Morgan fingerprint density at radius 2 is 2.00 bits per heavy atom. The normalized spacial score (nSPS) is 11.2. The number of aryl methyl sites for hydroxylation is 2. The zero-order valence-corrected chi connectivity index (χ0v) is 11.0. The number of hydrogen-bond acceptors (Lipinski definition) is 3. The summed E-state index contributed by atoms with van der Waals surface area (Å²) in [5, 5.41) is 10.5. The number of nitrogens with zero attached hydrogens (tertiary/aromatic N) is 1. The Bertz CT molecular complexity index is 611. The van der Waals surface area contributed by atoms with Crippen molar-refractivity contribution in [2.24, 2.45) is 0 Å². The highest BCUT2D eigenvalue weighted by Gasteiger charge is 2.16. The van der Waals surface area contributed by atoms with Gasteiger partial charge in [0.25, 0.3) is 0 Å². The number of aromatic nitrogens is 1. The molecule has 1 aromatic heterocycles. The molecule has 0 radical (unpaired) electrons. The minimum Gasteiger partial charge on any atom is -0.508 e. The van der Waals surface area contributed by atoms with E-state index in [2.05, 4.69) is 0 Å². The molecule has 1 N–H and O–H groups in total. The molecule has 0 spiro atoms. The first-order chi connectivity index (χ1) is 8.41. The molecule has 96 valence electrons. The number of phenols is 1. The molecule has 0 bridgehead atoms. The molecule has 0 fully saturated rings. The van der Waals surface area contributed by atoms with Gasteiger partial charge in [0.15, 0.2) is 0 Å². The Kier molecular flexibility index (Phi) is 3.03. The van der Waals surface area contributed by atoms with Crippen LogP contribution in [-0.2, 0) is 4.74 Å². The van der Waals surface area contributed by atoms with Crippen molar-refractivity contribution in [3.05, 3.63) is 29.5 Å². The van der Waals surface area contributed by atoms with E-state index >= 15 is 0 Å². The highest BCUT2D eigenvalue weighted by molar-refractivity contribution is 5.93. The van der Waals surface area contributed by atoms with Gasteiger partial charge in [-0.1, -0.05) is 0 Å². The SMILES string of the molecule is Cc1c(O)ccc2c1cc(C)n2C(=O)OC(C)C. The van der Waals surface area contributed by atoms with Crippen LogP contribution in [0.3, 0.4) is 0 Å². The largest absolute Gasteiger partial charge is 0.508 e. The number of aromatic hydroxyl groups is 1. The quantitative estimate of drug-likeness (QED) is 0.840. The van der Waals surface area contributed by atoms with Crippen molar-refractivity contribution in [2.75, 3.05) is 0 Å². The second-order valence-electron chi connectivity index (χ2n) is 4.70. The molecule has 18 heavy (non-hydrogen) atoms. The molecule has 1 heterocycles. The van der Waals surface area contributed by atoms with E-state index in [0.29, 0.717) is 0 Å². The van der Waals surface area contributed by atoms with Crippen LogP contribution in [0.1, 0.15) is 25.1 Å². The van der Waals surface area contributed by atoms with Crippen molar-refractivity contribution in [1.29, 1.82) is 0 Å². The zero-order valence-electron chi connectivity index (χ0n) is 11.0. The summed E-state index contributed by atoms with van der Waals surface area (Å²) in [5.41, 5.74) is 2.32. The van der Waals surface area contributed by atoms with Gasteiger partial charge in [-0.05, 0) is 45.9 Å². The van der Waals surface area contributed by atoms with Gasteiger partial charge in [-0.15, -0.1) is 0 Å². The maximum Gasteiger partial charge on any atom is 0.418 e. The lowest BCUT2D eigenvalue weighted by Crippen LogP contribution is -2.18. The summed E-state index contributed by atoms with van der Waals surface area (Å²) in [4.78, 5) is 12.0. The van der Waals surface area contributed by atoms with Gasteiger partial charge in [-0.2, -0.15) is 0 Å². The zero-order chi connectivity index (χ0) is 13.4. The van der Waals surface area contributed by atoms with Crippen molar-refractivity contribution in [3.8, 4) is 5.75 Å². The van der Waals surface area contributed by atoms with Gasteiger partial charge < -0.3 is 9.84 Å². The first-order valence-corrected chi connectivity index (χ1v) is 5.93. The molecule has 0 unspecified atom stereocenters. The van der Waals surface area contributed by atoms with Crippen LogP contribution in [0.5, 0.6) is 5.75 Å². The molecule has 0 saturated heterocycles. The maximum absolute atomic E-state index is 12.0. The van der Waals surface area contributed by atoms with E-state index in [1.807, 2.05) is 33.8 Å². The van der Waals surface area contributed by atoms with E-state index in [1.54, 1.807) is 12.1 Å². The number of rotatable bonds is 1. The standard InChI is InChI=1S/C14H17NO3/c1-8(2)18-14(17)15-9(3)7-11-10(4)13(16)6-5-12(11)15/h5-8,16H,1-4H3. The van der Waals surface area contributed by atoms with Crippen LogP contribution in [0.2, 0.25) is 0 Å². The van der Waals surface area contributed by atoms with Crippen LogP contribution in [-0.4, -0.2) is 21.9 Å². The second kappa shape index (κ2) is 4.37. The lowest BCUT2D eigenvalue weighted by Gasteiger charge is -2.11. The summed E-state index contributed by atoms with van der Waals surface area (Å²) < 4.78 is 6.74. The van der Waals surface area contributed by atoms with Crippen LogP contribution >= 0.6 is 0 Å². The lowest BCUT2D eigenvalue weighted by atomic mass is 10.1. The van der Waals surface area contributed by atoms with E-state index in [4.69, 9.17) is 4.74 Å². The van der Waals surface area contributed by atoms with E-state index in [0.717, 1.165) is 22.2 Å². The first kappa shape index (κ1) is 12.5. The van der Waals surface area contributed by atoms with Gasteiger partial charge in [-0.25, -0.2) is 9.36 Å². The van der Waals surface area contributed by atoms with Gasteiger partial charge in [-0.3, -0.25) is 0 Å². The molecule has 0 saturated carbocycles. The van der Waals surface area contributed by atoms with Crippen molar-refractivity contribution in [3.63, 3.8) is 0 Å². The Morgan fingerprint density at radius 3 is 2.61 bits per heavy atom. The van der Waals surface area contributed by atoms with E-state index in [9.17, 15) is 9.90 Å². The topological polar surface area (TPSA) is 51.5 Å². The van der Waals surface area contributed by atoms with E-state index in [-0.39, 0.29) is 17.9 Å². The number of carbonyl (C=O) groups excluding carboxylic acids is 1. The Hall–Kier alpha value is -1.97. The number of carbonyl (C=O) groups is 1. The molecule has 2 rings (SSSR count). The molecule has 0 amide bonds. The number of ether oxygens (including phenoxy) is 1. The predicted octanol–water partition coefficient (Wildman–Crippen LogP) is 3.36. The maximum atomic E-state index is 12.0. The number of benzene rings is 1. The average molecular weight is 247 g/mol. The lowest BCUT2D eigenvalue weighted by molar-refractivity contribution is 0.117. The number of hydrogen-bond donors (Lipinski definition) is 1. The van der Waals surface area contributed by atoms with Crippen LogP contribution in [0.4, 0.5) is 4.79 Å². The summed E-state index contributed by atoms with van der Waals surface area (Å²) in [6.45, 7) is 7.30. The molecule has 2 aromatic rings. The molecule has 4 heteroatoms. The number of fused-ring (bicyclic) bond motifs is 1. The van der Waals surface area contributed by atoms with Crippen molar-refractivity contribution in [1.82, 2.24) is 4.57 Å². The van der Waals surface area contributed by atoms with E-state index < -0.39 is 0 Å². The fraction of sp³-hybridized carbons (Fsp3) is 0.357. The highest BCUT2D eigenvalue weighted by Crippen LogP contribution is 2.29. The van der Waals surface area contributed by atoms with Gasteiger partial charge in [0, 0.05) is 16.6 Å². The summed E-state index contributed by atoms with van der Waals surface area (Å²) >= 11 is 0. The fourth-order valence-corrected chi connectivity index (χ4v) is 2.04. The third-order valence-electron chi connectivity index (χ3n) is 2.93. The molecule has 0 atom stereocenters. The molecule has 0 aliphatic carbocycles. The van der Waals surface area contributed by atoms with Crippen molar-refractivity contribution >= 4 is 17.0 Å². The Morgan fingerprint density at radius 1 is 1.33 bits per heavy atom. The Balaban J connectivity index is 2.61. The molecular weight excluding hydrogens is 230 g/mol. The van der Waals surface area contributed by atoms with Crippen molar-refractivity contribution < 1.29 is 14.6 Å². The van der Waals surface area contributed by atoms with E-state index in [1.165, 1.54) is 4.57 Å². The van der Waals surface area contributed by atoms with Crippen LogP contribution < -0.4 is 0 Å². The van der Waals surface area contributed by atoms with Crippen LogP contribution in [0.25, 0.3) is 10.9 Å². The molecule has 0 aliphatic heterocycles. The molecule has 0 aliphatic rings. The third kappa shape index (κ3) is 1.94. The van der Waals surface area contributed by atoms with Gasteiger partial charge in [0.05, 0.1) is 11.6 Å². The fourth-order valence-electron chi connectivity index (χ4n) is 2.04. The summed E-state index contributed by atoms with van der Waals surface area (Å²) in [6.07, 6.45) is -0.546. The molecule has 4 nitrogen and oxygen atoms in total. The van der Waals surface area contributed by atoms with Gasteiger partial charge in [0.2, 0.25) is 0 Å². The predicted molar refractivity (Wildman–Crippen MR) is 70.1 cm³/mol. The summed E-state index contributed by atoms with van der Waals surface area (Å²) in [5.74, 6) is 0.233. The Labute approximate surface area is 106 Å². The number of phenolic OH excluding ortho intramolecular Hbond substituents is 1.